The molecule has 21 nitrogen and oxygen atoms in total. The van der Waals surface area contributed by atoms with Crippen molar-refractivity contribution in [3.8, 4) is 0 Å². The number of fused-ring (bicyclic) bond motifs is 2. The number of carbonyl (C=O) groups excluding carboxylic acids is 2. The summed E-state index contributed by atoms with van der Waals surface area (Å²) >= 11 is 0. The van der Waals surface area contributed by atoms with Crippen molar-refractivity contribution in [2.45, 2.75) is 49.3 Å². The van der Waals surface area contributed by atoms with Crippen molar-refractivity contribution < 1.29 is 56.1 Å². The zero-order valence-electron chi connectivity index (χ0n) is 40.9. The van der Waals surface area contributed by atoms with Crippen molar-refractivity contribution in [3.63, 3.8) is 0 Å². The molecule has 4 aromatic rings. The maximum absolute atomic E-state index is 13.4. The molecule has 4 rings (SSSR count). The lowest BCUT2D eigenvalue weighted by Crippen LogP contribution is -2.48. The van der Waals surface area contributed by atoms with Crippen LogP contribution < -0.4 is 29.9 Å². The number of hydrogen-bond donors (Lipinski definition) is 7. The van der Waals surface area contributed by atoms with E-state index in [4.69, 9.17) is 0 Å². The normalized spacial score (nSPS) is 11.9. The summed E-state index contributed by atoms with van der Waals surface area (Å²) in [5.41, 5.74) is 1.80. The third-order valence-electron chi connectivity index (χ3n) is 11.6. The topological polar surface area (TPSA) is 279 Å². The molecular formula is C48H69N9O12S2. The number of aliphatic carboxylic acids is 3. The lowest BCUT2D eigenvalue weighted by Gasteiger charge is -2.28. The molecule has 0 spiro atoms. The Labute approximate surface area is 416 Å². The van der Waals surface area contributed by atoms with Gasteiger partial charge in [-0.1, -0.05) is 75.2 Å². The first-order valence-corrected chi connectivity index (χ1v) is 26.5. The first-order chi connectivity index (χ1) is 33.8. The van der Waals surface area contributed by atoms with E-state index in [0.29, 0.717) is 10.8 Å². The molecule has 23 heteroatoms. The Morgan fingerprint density at radius 3 is 1.15 bits per heavy atom. The predicted molar refractivity (Wildman–Crippen MR) is 273 cm³/mol. The van der Waals surface area contributed by atoms with Crippen LogP contribution in [0, 0.1) is 0 Å². The van der Waals surface area contributed by atoms with E-state index in [0.717, 1.165) is 60.9 Å². The number of unbranched alkanes of at least 4 members (excludes halogenated alkanes) is 2. The molecule has 0 atom stereocenters. The monoisotopic (exact) mass is 1030 g/mol. The molecule has 0 aliphatic heterocycles. The van der Waals surface area contributed by atoms with Crippen molar-refractivity contribution in [1.82, 2.24) is 34.8 Å². The molecule has 4 aromatic carbocycles. The van der Waals surface area contributed by atoms with Crippen molar-refractivity contribution in [3.05, 3.63) is 72.8 Å². The molecule has 0 aliphatic carbocycles. The molecule has 0 saturated carbocycles. The van der Waals surface area contributed by atoms with Crippen molar-refractivity contribution in [2.24, 2.45) is 0 Å². The molecule has 390 valence electrons. The molecule has 2 amide bonds. The molecule has 0 bridgehead atoms. The quantitative estimate of drug-likeness (QED) is 0.0330. The lowest BCUT2D eigenvalue weighted by atomic mass is 10.1. The maximum atomic E-state index is 13.4. The van der Waals surface area contributed by atoms with Gasteiger partial charge in [-0.05, 0) is 37.1 Å². The molecule has 0 aliphatic rings. The van der Waals surface area contributed by atoms with Crippen LogP contribution in [-0.4, -0.2) is 189 Å². The molecule has 71 heavy (non-hydrogen) atoms. The number of rotatable bonds is 34. The highest BCUT2D eigenvalue weighted by Gasteiger charge is 2.23. The second-order valence-corrected chi connectivity index (χ2v) is 20.7. The summed E-state index contributed by atoms with van der Waals surface area (Å²) in [5, 5.41) is 36.6. The predicted octanol–water partition coefficient (Wildman–Crippen LogP) is 2.11. The summed E-state index contributed by atoms with van der Waals surface area (Å²) in [6.07, 6.45) is 3.96. The van der Waals surface area contributed by atoms with Gasteiger partial charge in [-0.3, -0.25) is 38.7 Å². The van der Waals surface area contributed by atoms with Crippen LogP contribution in [0.5, 0.6) is 0 Å². The van der Waals surface area contributed by atoms with Gasteiger partial charge in [-0.2, -0.15) is 0 Å². The second kappa shape index (κ2) is 28.2. The molecule has 0 saturated heterocycles. The fourth-order valence-electron chi connectivity index (χ4n) is 7.98. The molecule has 0 unspecified atom stereocenters. The van der Waals surface area contributed by atoms with E-state index in [2.05, 4.69) is 43.7 Å². The summed E-state index contributed by atoms with van der Waals surface area (Å²) < 4.78 is 58.8. The van der Waals surface area contributed by atoms with Gasteiger partial charge in [0.1, 0.15) is 0 Å². The first-order valence-electron chi connectivity index (χ1n) is 23.6. The van der Waals surface area contributed by atoms with E-state index in [1.807, 2.05) is 38.4 Å². The van der Waals surface area contributed by atoms with Crippen molar-refractivity contribution in [2.75, 3.05) is 122 Å². The third kappa shape index (κ3) is 18.3. The van der Waals surface area contributed by atoms with Gasteiger partial charge in [0.15, 0.2) is 0 Å². The van der Waals surface area contributed by atoms with E-state index in [1.165, 1.54) is 26.8 Å². The summed E-state index contributed by atoms with van der Waals surface area (Å²) in [7, 11) is -4.11. The van der Waals surface area contributed by atoms with Gasteiger partial charge < -0.3 is 35.8 Å². The Morgan fingerprint density at radius 1 is 0.451 bits per heavy atom. The smallest absolute Gasteiger partial charge is 0.317 e. The zero-order valence-corrected chi connectivity index (χ0v) is 42.6. The highest BCUT2D eigenvalue weighted by atomic mass is 32.2. The Hall–Kier alpha value is -5.95. The van der Waals surface area contributed by atoms with Crippen LogP contribution in [0.1, 0.15) is 39.5 Å². The van der Waals surface area contributed by atoms with Crippen LogP contribution >= 0.6 is 0 Å². The van der Waals surface area contributed by atoms with Crippen LogP contribution in [0.4, 0.5) is 11.4 Å². The van der Waals surface area contributed by atoms with E-state index >= 15 is 0 Å². The Bertz CT molecular complexity index is 2500. The minimum absolute atomic E-state index is 0.0609. The Balaban J connectivity index is 1.28. The van der Waals surface area contributed by atoms with Crippen molar-refractivity contribution in [1.29, 1.82) is 0 Å². The summed E-state index contributed by atoms with van der Waals surface area (Å²) in [6, 6.07) is 21.0. The number of carbonyl (C=O) groups is 5. The molecule has 0 heterocycles. The van der Waals surface area contributed by atoms with Gasteiger partial charge in [0.25, 0.3) is 0 Å². The molecule has 0 fully saturated rings. The average Bonchev–Trinajstić information content (AvgIpc) is 3.32. The fourth-order valence-corrected chi connectivity index (χ4v) is 10.5. The number of benzene rings is 4. The number of nitrogens with one attached hydrogen (secondary N) is 4. The van der Waals surface area contributed by atoms with Gasteiger partial charge in [-0.25, -0.2) is 26.3 Å². The van der Waals surface area contributed by atoms with Crippen LogP contribution in [0.3, 0.4) is 0 Å². The van der Waals surface area contributed by atoms with Gasteiger partial charge >= 0.3 is 17.9 Å². The van der Waals surface area contributed by atoms with Crippen LogP contribution in [0.2, 0.25) is 0 Å². The fraction of sp³-hybridized carbons (Fsp3) is 0.479. The minimum atomic E-state index is -4.01. The van der Waals surface area contributed by atoms with E-state index in [-0.39, 0.29) is 62.1 Å². The largest absolute Gasteiger partial charge is 0.480 e. The number of nitrogens with zero attached hydrogens (tertiary/aromatic N) is 5. The van der Waals surface area contributed by atoms with Gasteiger partial charge in [-0.15, -0.1) is 0 Å². The summed E-state index contributed by atoms with van der Waals surface area (Å²) in [4.78, 5) is 69.5. The molecular weight excluding hydrogens is 959 g/mol. The van der Waals surface area contributed by atoms with E-state index in [9.17, 15) is 56.1 Å². The maximum Gasteiger partial charge on any atom is 0.317 e. The van der Waals surface area contributed by atoms with Gasteiger partial charge in [0, 0.05) is 112 Å². The van der Waals surface area contributed by atoms with Gasteiger partial charge in [0.05, 0.1) is 42.5 Å². The van der Waals surface area contributed by atoms with Crippen LogP contribution in [0.25, 0.3) is 21.5 Å². The van der Waals surface area contributed by atoms with Crippen molar-refractivity contribution >= 4 is 82.7 Å². The average molecular weight is 1030 g/mol. The zero-order chi connectivity index (χ0) is 52.1. The summed E-state index contributed by atoms with van der Waals surface area (Å²) in [5.74, 6) is -4.97. The number of sulfonamides is 2. The number of amides is 2. The highest BCUT2D eigenvalue weighted by molar-refractivity contribution is 7.90. The van der Waals surface area contributed by atoms with Crippen LogP contribution in [0.15, 0.2) is 82.6 Å². The van der Waals surface area contributed by atoms with Crippen LogP contribution in [-0.2, 0) is 44.0 Å². The third-order valence-corrected chi connectivity index (χ3v) is 14.6. The van der Waals surface area contributed by atoms with E-state index < -0.39 is 82.5 Å². The minimum Gasteiger partial charge on any atom is -0.480 e. The number of carboxylic acid groups (broad SMARTS) is 3. The Morgan fingerprint density at radius 2 is 0.789 bits per heavy atom. The summed E-state index contributed by atoms with van der Waals surface area (Å²) in [6.45, 7) is 2.38. The second-order valence-electron chi connectivity index (χ2n) is 17.2. The Kier molecular flexibility index (Phi) is 22.9. The number of anilines is 2. The number of hydrogen-bond acceptors (Lipinski definition) is 14. The SMILES string of the molecule is CCCCN(C)c1cccc2c(S(=O)(=O)NCCNC(=O)CN(CCN(CCN(CC(=O)O)CC(=O)NCCNS(=O)(=O)c3cccc4c(N(C)CCCC)cccc34)CC(=O)O)CC(=O)O)cccc12. The number of carboxylic acids is 3. The molecule has 0 radical (unpaired) electrons. The molecule has 7 N–H and O–H groups in total. The van der Waals surface area contributed by atoms with E-state index in [1.54, 1.807) is 36.4 Å². The standard InChI is InChI=1S/C48H69N9O12S2/c1-5-7-25-53(3)40-17-9-15-38-36(40)13-11-19-42(38)70(66,67)51-23-21-49-44(58)31-56(34-47(62)63)29-27-55(33-46(60)61)28-30-57(35-48(64)65)32-45(59)50-22-24-52-71(68,69)43-20-12-14-37-39(43)16-10-18-41(37)54(4)26-8-6-2/h9-20,51-52H,5-8,21-35H2,1-4H3,(H,49,58)(H,50,59)(H,60,61)(H,62,63)(H,64,65). The highest BCUT2D eigenvalue weighted by Crippen LogP contribution is 2.32. The lowest BCUT2D eigenvalue weighted by molar-refractivity contribution is -0.141. The molecule has 0 aromatic heterocycles. The van der Waals surface area contributed by atoms with Gasteiger partial charge in [0.2, 0.25) is 31.9 Å². The first kappa shape index (κ1) is 57.6.